The second kappa shape index (κ2) is 7.11. The predicted octanol–water partition coefficient (Wildman–Crippen LogP) is 1.95. The minimum Gasteiger partial charge on any atom is -0.484 e. The van der Waals surface area contributed by atoms with Gasteiger partial charge in [-0.15, -0.1) is 0 Å². The Kier molecular flexibility index (Phi) is 5.20. The molecule has 114 valence electrons. The first-order valence-electron chi connectivity index (χ1n) is 7.32. The van der Waals surface area contributed by atoms with Gasteiger partial charge in [0.1, 0.15) is 5.75 Å². The average Bonchev–Trinajstić information content (AvgIpc) is 2.53. The first-order chi connectivity index (χ1) is 10.1. The van der Waals surface area contributed by atoms with Crippen LogP contribution in [0.4, 0.5) is 0 Å². The number of carbonyl (C=O) groups excluding carboxylic acids is 1. The normalized spacial score (nSPS) is 18.3. The summed E-state index contributed by atoms with van der Waals surface area (Å²) in [6.45, 7) is 2.91. The van der Waals surface area contributed by atoms with Crippen LogP contribution in [0.5, 0.6) is 5.75 Å². The number of benzene rings is 1. The number of carboxylic acids is 1. The minimum absolute atomic E-state index is 0.0422. The van der Waals surface area contributed by atoms with Gasteiger partial charge in [0, 0.05) is 13.1 Å². The summed E-state index contributed by atoms with van der Waals surface area (Å²) < 4.78 is 5.52. The lowest BCUT2D eigenvalue weighted by Crippen LogP contribution is -2.44. The molecule has 0 radical (unpaired) electrons. The van der Waals surface area contributed by atoms with Crippen LogP contribution in [0, 0.1) is 5.92 Å². The smallest absolute Gasteiger partial charge is 0.308 e. The molecule has 1 amide bonds. The summed E-state index contributed by atoms with van der Waals surface area (Å²) in [6, 6.07) is 7.66. The third-order valence-corrected chi connectivity index (χ3v) is 3.79. The summed E-state index contributed by atoms with van der Waals surface area (Å²) in [5.41, 5.74) is 1.16. The quantitative estimate of drug-likeness (QED) is 0.900. The van der Waals surface area contributed by atoms with Crippen molar-refractivity contribution in [3.8, 4) is 5.75 Å². The molecular formula is C16H21NO4. The summed E-state index contributed by atoms with van der Waals surface area (Å²) in [5, 5.41) is 9.03. The number of rotatable bonds is 5. The number of aryl methyl sites for hydroxylation is 1. The van der Waals surface area contributed by atoms with Crippen LogP contribution in [-0.2, 0) is 16.0 Å². The molecule has 21 heavy (non-hydrogen) atoms. The topological polar surface area (TPSA) is 66.8 Å². The molecule has 5 heteroatoms. The molecule has 1 N–H and O–H groups in total. The van der Waals surface area contributed by atoms with Gasteiger partial charge in [-0.2, -0.15) is 0 Å². The molecule has 0 spiro atoms. The number of carbonyl (C=O) groups is 2. The van der Waals surface area contributed by atoms with Crippen LogP contribution in [0.2, 0.25) is 0 Å². The van der Waals surface area contributed by atoms with Gasteiger partial charge in [0.25, 0.3) is 5.91 Å². The van der Waals surface area contributed by atoms with E-state index in [2.05, 4.69) is 6.92 Å². The standard InChI is InChI=1S/C16H21NO4/c1-2-12-5-3-7-14(9-12)21-11-15(18)17-8-4-6-13(10-17)16(19)20/h3,5,7,9,13H,2,4,6,8,10-11H2,1H3,(H,19,20). The van der Waals surface area contributed by atoms with Gasteiger partial charge in [-0.3, -0.25) is 9.59 Å². The number of ether oxygens (including phenoxy) is 1. The summed E-state index contributed by atoms with van der Waals surface area (Å²) in [6.07, 6.45) is 2.28. The van der Waals surface area contributed by atoms with Gasteiger partial charge in [0.15, 0.2) is 6.61 Å². The van der Waals surface area contributed by atoms with E-state index in [1.165, 1.54) is 0 Å². The van der Waals surface area contributed by atoms with Crippen LogP contribution in [0.3, 0.4) is 0 Å². The molecule has 0 saturated carbocycles. The Morgan fingerprint density at radius 3 is 2.95 bits per heavy atom. The van der Waals surface area contributed by atoms with Gasteiger partial charge in [-0.05, 0) is 37.0 Å². The summed E-state index contributed by atoms with van der Waals surface area (Å²) in [7, 11) is 0. The molecule has 1 aliphatic heterocycles. The highest BCUT2D eigenvalue weighted by Crippen LogP contribution is 2.18. The van der Waals surface area contributed by atoms with Crippen molar-refractivity contribution in [1.29, 1.82) is 0 Å². The monoisotopic (exact) mass is 291 g/mol. The van der Waals surface area contributed by atoms with Gasteiger partial charge >= 0.3 is 5.97 Å². The van der Waals surface area contributed by atoms with E-state index in [4.69, 9.17) is 9.84 Å². The molecule has 0 aromatic heterocycles. The maximum atomic E-state index is 12.1. The number of piperidine rings is 1. The first kappa shape index (κ1) is 15.4. The fraction of sp³-hybridized carbons (Fsp3) is 0.500. The highest BCUT2D eigenvalue weighted by atomic mass is 16.5. The molecule has 1 fully saturated rings. The van der Waals surface area contributed by atoms with E-state index in [0.29, 0.717) is 18.7 Å². The third kappa shape index (κ3) is 4.21. The van der Waals surface area contributed by atoms with E-state index in [9.17, 15) is 9.59 Å². The van der Waals surface area contributed by atoms with Crippen molar-refractivity contribution in [2.24, 2.45) is 5.92 Å². The molecule has 5 nitrogen and oxygen atoms in total. The fourth-order valence-corrected chi connectivity index (χ4v) is 2.50. The van der Waals surface area contributed by atoms with Crippen molar-refractivity contribution in [2.45, 2.75) is 26.2 Å². The molecule has 1 aromatic rings. The Morgan fingerprint density at radius 1 is 1.43 bits per heavy atom. The molecule has 1 atom stereocenters. The number of aliphatic carboxylic acids is 1. The molecular weight excluding hydrogens is 270 g/mol. The lowest BCUT2D eigenvalue weighted by Gasteiger charge is -2.30. The average molecular weight is 291 g/mol. The number of likely N-dealkylation sites (tertiary alicyclic amines) is 1. The van der Waals surface area contributed by atoms with Crippen LogP contribution >= 0.6 is 0 Å². The Balaban J connectivity index is 1.87. The highest BCUT2D eigenvalue weighted by Gasteiger charge is 2.28. The van der Waals surface area contributed by atoms with Crippen LogP contribution in [0.15, 0.2) is 24.3 Å². The fourth-order valence-electron chi connectivity index (χ4n) is 2.50. The van der Waals surface area contributed by atoms with Crippen molar-refractivity contribution in [1.82, 2.24) is 4.90 Å². The molecule has 1 aliphatic rings. The Bertz CT molecular complexity index is 515. The third-order valence-electron chi connectivity index (χ3n) is 3.79. The number of hydrogen-bond acceptors (Lipinski definition) is 3. The lowest BCUT2D eigenvalue weighted by molar-refractivity contribution is -0.146. The van der Waals surface area contributed by atoms with Gasteiger partial charge in [0.2, 0.25) is 0 Å². The molecule has 0 aliphatic carbocycles. The zero-order valence-electron chi connectivity index (χ0n) is 12.2. The van der Waals surface area contributed by atoms with Crippen LogP contribution in [0.1, 0.15) is 25.3 Å². The van der Waals surface area contributed by atoms with Gasteiger partial charge < -0.3 is 14.7 Å². The Labute approximate surface area is 124 Å². The van der Waals surface area contributed by atoms with E-state index in [1.54, 1.807) is 4.90 Å². The first-order valence-corrected chi connectivity index (χ1v) is 7.32. The van der Waals surface area contributed by atoms with Gasteiger partial charge in [0.05, 0.1) is 5.92 Å². The van der Waals surface area contributed by atoms with Crippen LogP contribution in [0.25, 0.3) is 0 Å². The van der Waals surface area contributed by atoms with E-state index in [0.717, 1.165) is 18.4 Å². The van der Waals surface area contributed by atoms with E-state index < -0.39 is 11.9 Å². The minimum atomic E-state index is -0.830. The number of carboxylic acid groups (broad SMARTS) is 1. The Morgan fingerprint density at radius 2 is 2.24 bits per heavy atom. The molecule has 1 heterocycles. The summed E-state index contributed by atoms with van der Waals surface area (Å²) in [5.74, 6) is -0.757. The van der Waals surface area contributed by atoms with Crippen LogP contribution in [-0.4, -0.2) is 41.6 Å². The second-order valence-electron chi connectivity index (χ2n) is 5.31. The maximum Gasteiger partial charge on any atom is 0.308 e. The SMILES string of the molecule is CCc1cccc(OCC(=O)N2CCCC(C(=O)O)C2)c1. The maximum absolute atomic E-state index is 12.1. The molecule has 2 rings (SSSR count). The molecule has 1 saturated heterocycles. The lowest BCUT2D eigenvalue weighted by atomic mass is 9.98. The van der Waals surface area contributed by atoms with Crippen molar-refractivity contribution >= 4 is 11.9 Å². The van der Waals surface area contributed by atoms with Crippen molar-refractivity contribution in [3.63, 3.8) is 0 Å². The zero-order chi connectivity index (χ0) is 15.2. The molecule has 1 unspecified atom stereocenters. The van der Waals surface area contributed by atoms with Gasteiger partial charge in [-0.1, -0.05) is 19.1 Å². The van der Waals surface area contributed by atoms with E-state index in [-0.39, 0.29) is 19.1 Å². The summed E-state index contributed by atoms with van der Waals surface area (Å²) in [4.78, 5) is 24.7. The highest BCUT2D eigenvalue weighted by molar-refractivity contribution is 5.79. The van der Waals surface area contributed by atoms with Crippen LogP contribution < -0.4 is 4.74 Å². The van der Waals surface area contributed by atoms with Gasteiger partial charge in [-0.25, -0.2) is 0 Å². The van der Waals surface area contributed by atoms with Crippen molar-refractivity contribution in [2.75, 3.05) is 19.7 Å². The number of nitrogens with zero attached hydrogens (tertiary/aromatic N) is 1. The second-order valence-corrected chi connectivity index (χ2v) is 5.31. The zero-order valence-corrected chi connectivity index (χ0v) is 12.2. The van der Waals surface area contributed by atoms with E-state index in [1.807, 2.05) is 24.3 Å². The molecule has 1 aromatic carbocycles. The van der Waals surface area contributed by atoms with Crippen molar-refractivity contribution in [3.05, 3.63) is 29.8 Å². The number of amides is 1. The number of hydrogen-bond donors (Lipinski definition) is 1. The largest absolute Gasteiger partial charge is 0.484 e. The van der Waals surface area contributed by atoms with Crippen molar-refractivity contribution < 1.29 is 19.4 Å². The Hall–Kier alpha value is -2.04. The van der Waals surface area contributed by atoms with E-state index >= 15 is 0 Å². The summed E-state index contributed by atoms with van der Waals surface area (Å²) >= 11 is 0. The molecule has 0 bridgehead atoms. The predicted molar refractivity (Wildman–Crippen MR) is 78.3 cm³/mol.